The van der Waals surface area contributed by atoms with Gasteiger partial charge in [-0.05, 0) is 30.8 Å². The smallest absolute Gasteiger partial charge is 0.343 e. The van der Waals surface area contributed by atoms with Gasteiger partial charge in [-0.2, -0.15) is 0 Å². The van der Waals surface area contributed by atoms with Crippen LogP contribution in [-0.2, 0) is 14.3 Å². The number of hydrogen-bond donors (Lipinski definition) is 0. The Morgan fingerprint density at radius 2 is 2.31 bits per heavy atom. The second-order valence-electron chi connectivity index (χ2n) is 4.68. The molecule has 0 spiro atoms. The van der Waals surface area contributed by atoms with Crippen LogP contribution < -0.4 is 0 Å². The average Bonchev–Trinajstić information content (AvgIpc) is 2.90. The molecule has 3 rings (SSSR count). The highest BCUT2D eigenvalue weighted by molar-refractivity contribution is 6.10. The van der Waals surface area contributed by atoms with Crippen LogP contribution in [0.3, 0.4) is 0 Å². The van der Waals surface area contributed by atoms with E-state index in [0.717, 1.165) is 24.8 Å². The fraction of sp³-hybridized carbons (Fsp3) is 0.385. The molecule has 2 unspecified atom stereocenters. The first-order chi connectivity index (χ1) is 7.65. The van der Waals surface area contributed by atoms with Crippen LogP contribution in [0.4, 0.5) is 0 Å². The maximum Gasteiger partial charge on any atom is 0.343 e. The third-order valence-electron chi connectivity index (χ3n) is 3.93. The summed E-state index contributed by atoms with van der Waals surface area (Å²) < 4.78 is 4.59. The van der Waals surface area contributed by atoms with Crippen molar-refractivity contribution >= 4 is 11.9 Å². The zero-order chi connectivity index (χ0) is 11.3. The summed E-state index contributed by atoms with van der Waals surface area (Å²) in [7, 11) is 0. The van der Waals surface area contributed by atoms with E-state index in [-0.39, 0.29) is 5.41 Å². The molecule has 0 aromatic rings. The highest BCUT2D eigenvalue weighted by Gasteiger charge is 2.52. The number of esters is 2. The molecule has 0 aromatic heterocycles. The van der Waals surface area contributed by atoms with Crippen LogP contribution in [0.15, 0.2) is 36.0 Å². The minimum absolute atomic E-state index is 0.282. The molecule has 1 heterocycles. The maximum atomic E-state index is 11.6. The van der Waals surface area contributed by atoms with Crippen molar-refractivity contribution in [3.05, 3.63) is 36.0 Å². The number of carbonyl (C=O) groups excluding carboxylic acids is 2. The van der Waals surface area contributed by atoms with Gasteiger partial charge in [0, 0.05) is 11.5 Å². The van der Waals surface area contributed by atoms with Crippen molar-refractivity contribution in [2.45, 2.75) is 19.3 Å². The molecule has 3 nitrogen and oxygen atoms in total. The Labute approximate surface area is 93.5 Å². The summed E-state index contributed by atoms with van der Waals surface area (Å²) in [5, 5.41) is 0. The Hall–Kier alpha value is -1.64. The van der Waals surface area contributed by atoms with Crippen LogP contribution in [-0.4, -0.2) is 11.9 Å². The van der Waals surface area contributed by atoms with E-state index >= 15 is 0 Å². The predicted molar refractivity (Wildman–Crippen MR) is 57.2 cm³/mol. The summed E-state index contributed by atoms with van der Waals surface area (Å²) in [6.45, 7) is 3.79. The van der Waals surface area contributed by atoms with Crippen molar-refractivity contribution in [3.8, 4) is 0 Å². The van der Waals surface area contributed by atoms with Crippen molar-refractivity contribution in [1.29, 1.82) is 0 Å². The lowest BCUT2D eigenvalue weighted by molar-refractivity contribution is -0.151. The lowest BCUT2D eigenvalue weighted by Crippen LogP contribution is -2.24. The summed E-state index contributed by atoms with van der Waals surface area (Å²) >= 11 is 0. The molecular formula is C13H12O3. The van der Waals surface area contributed by atoms with Crippen molar-refractivity contribution in [2.24, 2.45) is 11.3 Å². The second kappa shape index (κ2) is 2.94. The Bertz CT molecular complexity index is 470. The average molecular weight is 216 g/mol. The van der Waals surface area contributed by atoms with Gasteiger partial charge in [-0.3, -0.25) is 0 Å². The lowest BCUT2D eigenvalue weighted by atomic mass is 9.74. The molecule has 0 saturated heterocycles. The first-order valence-electron chi connectivity index (χ1n) is 5.49. The fourth-order valence-electron chi connectivity index (χ4n) is 3.25. The third-order valence-corrected chi connectivity index (χ3v) is 3.93. The highest BCUT2D eigenvalue weighted by atomic mass is 16.6. The third kappa shape index (κ3) is 1.03. The molecule has 1 saturated carbocycles. The molecule has 1 aliphatic heterocycles. The second-order valence-corrected chi connectivity index (χ2v) is 4.68. The predicted octanol–water partition coefficient (Wildman–Crippen LogP) is 1.91. The first-order valence-corrected chi connectivity index (χ1v) is 5.49. The van der Waals surface area contributed by atoms with E-state index in [4.69, 9.17) is 0 Å². The topological polar surface area (TPSA) is 43.4 Å². The zero-order valence-corrected chi connectivity index (χ0v) is 8.86. The molecule has 3 heteroatoms. The number of carbonyl (C=O) groups is 2. The van der Waals surface area contributed by atoms with E-state index in [1.807, 2.05) is 0 Å². The Morgan fingerprint density at radius 3 is 2.88 bits per heavy atom. The summed E-state index contributed by atoms with van der Waals surface area (Å²) in [6, 6.07) is 0. The van der Waals surface area contributed by atoms with Gasteiger partial charge in [-0.1, -0.05) is 18.7 Å². The SMILES string of the molecule is C=CC1=CC2CCC1(C1=CC(=O)OC1=O)C2. The van der Waals surface area contributed by atoms with Gasteiger partial charge in [0.05, 0.1) is 5.57 Å². The van der Waals surface area contributed by atoms with Crippen LogP contribution in [0.5, 0.6) is 0 Å². The van der Waals surface area contributed by atoms with E-state index in [1.54, 1.807) is 6.08 Å². The largest absolute Gasteiger partial charge is 0.386 e. The molecule has 2 bridgehead atoms. The van der Waals surface area contributed by atoms with Crippen molar-refractivity contribution in [3.63, 3.8) is 0 Å². The lowest BCUT2D eigenvalue weighted by Gasteiger charge is -2.28. The van der Waals surface area contributed by atoms with Crippen LogP contribution in [0.1, 0.15) is 19.3 Å². The van der Waals surface area contributed by atoms with Gasteiger partial charge in [0.15, 0.2) is 0 Å². The molecule has 3 aliphatic rings. The molecule has 82 valence electrons. The van der Waals surface area contributed by atoms with Crippen molar-refractivity contribution in [2.75, 3.05) is 0 Å². The molecule has 2 atom stereocenters. The van der Waals surface area contributed by atoms with E-state index in [0.29, 0.717) is 11.5 Å². The molecule has 0 N–H and O–H groups in total. The minimum Gasteiger partial charge on any atom is -0.386 e. The van der Waals surface area contributed by atoms with E-state index < -0.39 is 11.9 Å². The van der Waals surface area contributed by atoms with Crippen LogP contribution >= 0.6 is 0 Å². The Balaban J connectivity index is 2.09. The normalized spacial score (nSPS) is 36.1. The summed E-state index contributed by atoms with van der Waals surface area (Å²) in [6.07, 6.45) is 8.25. The quantitative estimate of drug-likeness (QED) is 0.523. The van der Waals surface area contributed by atoms with Crippen molar-refractivity contribution in [1.82, 2.24) is 0 Å². The molecule has 1 fully saturated rings. The molecule has 0 radical (unpaired) electrons. The summed E-state index contributed by atoms with van der Waals surface area (Å²) in [5.41, 5.74) is 1.33. The monoisotopic (exact) mass is 216 g/mol. The molecule has 16 heavy (non-hydrogen) atoms. The molecular weight excluding hydrogens is 204 g/mol. The summed E-state index contributed by atoms with van der Waals surface area (Å²) in [4.78, 5) is 22.8. The van der Waals surface area contributed by atoms with Gasteiger partial charge in [-0.15, -0.1) is 0 Å². The first kappa shape index (κ1) is 9.58. The van der Waals surface area contributed by atoms with Crippen molar-refractivity contribution < 1.29 is 14.3 Å². The Morgan fingerprint density at radius 1 is 1.50 bits per heavy atom. The van der Waals surface area contributed by atoms with Crippen LogP contribution in [0.25, 0.3) is 0 Å². The van der Waals surface area contributed by atoms with Gasteiger partial charge in [0.1, 0.15) is 0 Å². The number of fused-ring (bicyclic) bond motifs is 2. The standard InChI is InChI=1S/C13H12O3/c1-2-9-5-8-3-4-13(9,7-8)10-6-11(14)16-12(10)15/h2,5-6,8H,1,3-4,7H2. The molecule has 2 aliphatic carbocycles. The number of allylic oxidation sites excluding steroid dienone is 3. The van der Waals surface area contributed by atoms with Gasteiger partial charge in [0.25, 0.3) is 0 Å². The minimum atomic E-state index is -0.534. The van der Waals surface area contributed by atoms with E-state index in [2.05, 4.69) is 17.4 Å². The highest BCUT2D eigenvalue weighted by Crippen LogP contribution is 2.58. The molecule has 0 aromatic carbocycles. The van der Waals surface area contributed by atoms with Gasteiger partial charge < -0.3 is 4.74 Å². The number of cyclic esters (lactones) is 2. The maximum absolute atomic E-state index is 11.6. The van der Waals surface area contributed by atoms with Gasteiger partial charge >= 0.3 is 11.9 Å². The van der Waals surface area contributed by atoms with Crippen LogP contribution in [0.2, 0.25) is 0 Å². The number of hydrogen-bond acceptors (Lipinski definition) is 3. The number of rotatable bonds is 2. The molecule has 0 amide bonds. The van der Waals surface area contributed by atoms with Gasteiger partial charge in [0.2, 0.25) is 0 Å². The van der Waals surface area contributed by atoms with Gasteiger partial charge in [-0.25, -0.2) is 9.59 Å². The van der Waals surface area contributed by atoms with Crippen LogP contribution in [0, 0.1) is 11.3 Å². The van der Waals surface area contributed by atoms with E-state index in [1.165, 1.54) is 6.08 Å². The number of ether oxygens (including phenoxy) is 1. The van der Waals surface area contributed by atoms with E-state index in [9.17, 15) is 9.59 Å². The Kier molecular flexibility index (Phi) is 1.76. The fourth-order valence-corrected chi connectivity index (χ4v) is 3.25. The zero-order valence-electron chi connectivity index (χ0n) is 8.86. The summed E-state index contributed by atoms with van der Waals surface area (Å²) in [5.74, 6) is -0.481.